The van der Waals surface area contributed by atoms with Crippen LogP contribution in [0.3, 0.4) is 0 Å². The van der Waals surface area contributed by atoms with Gasteiger partial charge in [0, 0.05) is 48.6 Å². The summed E-state index contributed by atoms with van der Waals surface area (Å²) in [4.78, 5) is 27.7. The Balaban J connectivity index is 1.26. The maximum atomic E-state index is 17.2. The van der Waals surface area contributed by atoms with Gasteiger partial charge in [-0.25, -0.2) is 9.18 Å². The average Bonchev–Trinajstić information content (AvgIpc) is 3.72. The van der Waals surface area contributed by atoms with Gasteiger partial charge >= 0.3 is 12.1 Å². The molecule has 49 heavy (non-hydrogen) atoms. The van der Waals surface area contributed by atoms with Gasteiger partial charge in [0.05, 0.1) is 17.6 Å². The number of amides is 1. The minimum atomic E-state index is -0.909. The fourth-order valence-corrected chi connectivity index (χ4v) is 8.62. The minimum absolute atomic E-state index is 0.0284. The molecule has 0 spiro atoms. The largest absolute Gasteiger partial charge is 0.468 e. The maximum absolute atomic E-state index is 17.2. The summed E-state index contributed by atoms with van der Waals surface area (Å²) in [5.41, 5.74) is 2.63. The van der Waals surface area contributed by atoms with Crippen molar-refractivity contribution in [2.24, 2.45) is 0 Å². The van der Waals surface area contributed by atoms with E-state index in [1.807, 2.05) is 30.3 Å². The highest BCUT2D eigenvalue weighted by Crippen LogP contribution is 2.43. The average molecular weight is 664 g/mol. The van der Waals surface area contributed by atoms with Gasteiger partial charge in [-0.2, -0.15) is 9.97 Å². The normalized spacial score (nSPS) is 23.3. The number of benzene rings is 3. The van der Waals surface area contributed by atoms with E-state index >= 15 is 4.39 Å². The summed E-state index contributed by atoms with van der Waals surface area (Å²) in [5, 5.41) is 11.9. The van der Waals surface area contributed by atoms with Crippen LogP contribution < -0.4 is 14.4 Å². The van der Waals surface area contributed by atoms with E-state index in [0.717, 1.165) is 56.0 Å². The molecule has 5 heterocycles. The lowest BCUT2D eigenvalue weighted by Gasteiger charge is -2.40. The van der Waals surface area contributed by atoms with Gasteiger partial charge in [-0.3, -0.25) is 9.80 Å². The lowest BCUT2D eigenvalue weighted by atomic mass is 9.93. The van der Waals surface area contributed by atoms with Crippen molar-refractivity contribution in [2.45, 2.75) is 49.7 Å². The first-order valence-electron chi connectivity index (χ1n) is 16.7. The molecule has 4 aliphatic heterocycles. The zero-order chi connectivity index (χ0) is 33.9. The van der Waals surface area contributed by atoms with Crippen LogP contribution in [0.2, 0.25) is 0 Å². The highest BCUT2D eigenvalue weighted by Gasteiger charge is 2.47. The number of methoxy groups -OCH3 is 1. The molecule has 1 N–H and O–H groups in total. The van der Waals surface area contributed by atoms with Crippen LogP contribution in [0.1, 0.15) is 37.7 Å². The number of carbonyl (C=O) groups is 1. The number of hydrogen-bond acceptors (Lipinski definition) is 8. The van der Waals surface area contributed by atoms with E-state index in [0.29, 0.717) is 53.3 Å². The Kier molecular flexibility index (Phi) is 7.81. The molecule has 0 saturated carbocycles. The number of rotatable bonds is 8. The lowest BCUT2D eigenvalue weighted by molar-refractivity contribution is 0.0512. The molecule has 0 radical (unpaired) electrons. The predicted molar refractivity (Wildman–Crippen MR) is 185 cm³/mol. The number of piperazine rings is 1. The fraction of sp³-hybridized carbons (Fsp3) is 0.395. The Morgan fingerprint density at radius 3 is 2.71 bits per heavy atom. The standard InChI is InChI=1S/C38H38FN5O5/c1-4-24-7-5-8-25-15-28(49-22-47-3)16-31(32(24)25)29-11-12-30-34(33(29)39)40-36(48-21-38-13-6-14-43(38)18-23(2)17-38)41-35(30)42-19-26-9-10-27(20-42)44(26)37(45)46/h1,5,7-8,11-12,15-16,26-27H,2,6,9-10,13-14,17-22H2,3H3,(H,45,46)/t26-,27+,38?. The van der Waals surface area contributed by atoms with Crippen LogP contribution >= 0.6 is 0 Å². The van der Waals surface area contributed by atoms with E-state index in [1.54, 1.807) is 17.0 Å². The Morgan fingerprint density at radius 1 is 1.14 bits per heavy atom. The quantitative estimate of drug-likeness (QED) is 0.137. The monoisotopic (exact) mass is 663 g/mol. The molecule has 4 aliphatic rings. The van der Waals surface area contributed by atoms with Crippen molar-refractivity contribution >= 4 is 33.6 Å². The zero-order valence-electron chi connectivity index (χ0n) is 27.5. The van der Waals surface area contributed by atoms with Crippen LogP contribution in [0.5, 0.6) is 11.8 Å². The molecule has 1 aromatic heterocycles. The summed E-state index contributed by atoms with van der Waals surface area (Å²) in [7, 11) is 1.54. The van der Waals surface area contributed by atoms with Crippen molar-refractivity contribution in [1.29, 1.82) is 0 Å². The number of terminal acetylenes is 1. The first-order valence-corrected chi connectivity index (χ1v) is 16.7. The van der Waals surface area contributed by atoms with E-state index in [2.05, 4.69) is 22.3 Å². The van der Waals surface area contributed by atoms with Crippen molar-refractivity contribution in [3.63, 3.8) is 0 Å². The van der Waals surface area contributed by atoms with E-state index < -0.39 is 11.9 Å². The third kappa shape index (κ3) is 5.30. The van der Waals surface area contributed by atoms with Crippen molar-refractivity contribution in [3.8, 4) is 35.2 Å². The highest BCUT2D eigenvalue weighted by atomic mass is 19.1. The number of anilines is 1. The van der Waals surface area contributed by atoms with Gasteiger partial charge in [-0.1, -0.05) is 36.3 Å². The number of aromatic nitrogens is 2. The Bertz CT molecular complexity index is 2030. The summed E-state index contributed by atoms with van der Waals surface area (Å²) in [5.74, 6) is 3.26. The third-order valence-corrected chi connectivity index (χ3v) is 10.7. The van der Waals surface area contributed by atoms with Crippen LogP contribution in [0.4, 0.5) is 15.0 Å². The SMILES string of the molecule is C#Cc1cccc2cc(OCOC)cc(-c3ccc4c(N5C[C@H]6CC[C@@H](C5)N6C(=O)O)nc(OCC56CCCN5CC(=C)C6)nc4c3F)c12. The lowest BCUT2D eigenvalue weighted by Crippen LogP contribution is -2.55. The van der Waals surface area contributed by atoms with Crippen molar-refractivity contribution in [1.82, 2.24) is 19.8 Å². The van der Waals surface area contributed by atoms with Gasteiger partial charge in [0.2, 0.25) is 0 Å². The molecule has 3 aromatic carbocycles. The molecule has 0 aliphatic carbocycles. The molecule has 8 rings (SSSR count). The number of hydrogen-bond donors (Lipinski definition) is 1. The van der Waals surface area contributed by atoms with E-state index in [9.17, 15) is 9.90 Å². The van der Waals surface area contributed by atoms with Crippen molar-refractivity contribution < 1.29 is 28.5 Å². The van der Waals surface area contributed by atoms with Gasteiger partial charge in [-0.05, 0) is 73.9 Å². The molecular formula is C38H38FN5O5. The van der Waals surface area contributed by atoms with E-state index in [1.165, 1.54) is 12.7 Å². The molecule has 2 bridgehead atoms. The number of fused-ring (bicyclic) bond motifs is 5. The number of carboxylic acid groups (broad SMARTS) is 1. The molecule has 3 atom stereocenters. The molecule has 4 fully saturated rings. The molecule has 4 saturated heterocycles. The van der Waals surface area contributed by atoms with Crippen LogP contribution in [-0.2, 0) is 4.74 Å². The summed E-state index contributed by atoms with van der Waals surface area (Å²) in [6.07, 6.45) is 9.47. The third-order valence-electron chi connectivity index (χ3n) is 10.7. The Hall–Kier alpha value is -4.92. The molecule has 1 unspecified atom stereocenters. The summed E-state index contributed by atoms with van der Waals surface area (Å²) in [6.45, 7) is 7.37. The number of nitrogens with zero attached hydrogens (tertiary/aromatic N) is 5. The highest BCUT2D eigenvalue weighted by molar-refractivity contribution is 6.04. The van der Waals surface area contributed by atoms with Gasteiger partial charge in [0.1, 0.15) is 23.7 Å². The van der Waals surface area contributed by atoms with Crippen molar-refractivity contribution in [2.75, 3.05) is 51.6 Å². The molecule has 252 valence electrons. The molecular weight excluding hydrogens is 625 g/mol. The van der Waals surface area contributed by atoms with Crippen LogP contribution in [-0.4, -0.2) is 95.3 Å². The van der Waals surface area contributed by atoms with E-state index in [-0.39, 0.29) is 35.9 Å². The smallest absolute Gasteiger partial charge is 0.407 e. The van der Waals surface area contributed by atoms with Gasteiger partial charge in [-0.15, -0.1) is 6.42 Å². The minimum Gasteiger partial charge on any atom is -0.468 e. The number of ether oxygens (including phenoxy) is 3. The summed E-state index contributed by atoms with van der Waals surface area (Å²) in [6, 6.07) is 12.6. The second kappa shape index (κ2) is 12.2. The first-order chi connectivity index (χ1) is 23.8. The first kappa shape index (κ1) is 31.4. The maximum Gasteiger partial charge on any atom is 0.407 e. The molecule has 10 nitrogen and oxygen atoms in total. The molecule has 1 amide bonds. The second-order valence-electron chi connectivity index (χ2n) is 13.7. The van der Waals surface area contributed by atoms with Crippen molar-refractivity contribution in [3.05, 3.63) is 66.0 Å². The Morgan fingerprint density at radius 2 is 1.96 bits per heavy atom. The fourth-order valence-electron chi connectivity index (χ4n) is 8.62. The van der Waals surface area contributed by atoms with Gasteiger partial charge in [0.15, 0.2) is 12.6 Å². The van der Waals surface area contributed by atoms with Gasteiger partial charge in [0.25, 0.3) is 0 Å². The van der Waals surface area contributed by atoms with Crippen LogP contribution in [0.25, 0.3) is 32.8 Å². The molecule has 11 heteroatoms. The molecule has 4 aromatic rings. The van der Waals surface area contributed by atoms with Crippen LogP contribution in [0, 0.1) is 18.2 Å². The van der Waals surface area contributed by atoms with E-state index in [4.69, 9.17) is 30.6 Å². The summed E-state index contributed by atoms with van der Waals surface area (Å²) >= 11 is 0. The van der Waals surface area contributed by atoms with Crippen LogP contribution in [0.15, 0.2) is 54.6 Å². The summed E-state index contributed by atoms with van der Waals surface area (Å²) < 4.78 is 34.5. The topological polar surface area (TPSA) is 100 Å². The predicted octanol–water partition coefficient (Wildman–Crippen LogP) is 6.06. The Labute approximate surface area is 284 Å². The van der Waals surface area contributed by atoms with Gasteiger partial charge < -0.3 is 24.2 Å². The zero-order valence-corrected chi connectivity index (χ0v) is 27.5. The second-order valence-corrected chi connectivity index (χ2v) is 13.7. The number of halogens is 1.